The van der Waals surface area contributed by atoms with E-state index in [1.165, 1.54) is 0 Å². The molecule has 0 unspecified atom stereocenters. The van der Waals surface area contributed by atoms with Crippen molar-refractivity contribution in [1.29, 1.82) is 0 Å². The summed E-state index contributed by atoms with van der Waals surface area (Å²) >= 11 is 0. The molecule has 0 saturated carbocycles. The monoisotopic (exact) mass is 290 g/mol. The molecule has 0 bridgehead atoms. The van der Waals surface area contributed by atoms with E-state index in [2.05, 4.69) is 0 Å². The lowest BCUT2D eigenvalue weighted by molar-refractivity contribution is -0.137. The molecule has 0 amide bonds. The van der Waals surface area contributed by atoms with Gasteiger partial charge in [-0.2, -0.15) is 13.2 Å². The summed E-state index contributed by atoms with van der Waals surface area (Å²) in [5.41, 5.74) is 6.52. The van der Waals surface area contributed by atoms with Crippen molar-refractivity contribution in [2.24, 2.45) is 5.73 Å². The topological polar surface area (TPSA) is 38.5 Å². The van der Waals surface area contributed by atoms with Crippen LogP contribution < -0.4 is 10.5 Å². The van der Waals surface area contributed by atoms with Crippen LogP contribution in [0.3, 0.4) is 0 Å². The minimum absolute atomic E-state index is 0.0225. The van der Waals surface area contributed by atoms with E-state index in [0.717, 1.165) is 11.3 Å². The van der Waals surface area contributed by atoms with Crippen LogP contribution in [-0.4, -0.2) is 37.8 Å². The van der Waals surface area contributed by atoms with Crippen LogP contribution in [0.5, 0.6) is 5.75 Å². The van der Waals surface area contributed by atoms with Crippen LogP contribution in [0.4, 0.5) is 13.2 Å². The van der Waals surface area contributed by atoms with Crippen LogP contribution in [0.1, 0.15) is 18.4 Å². The van der Waals surface area contributed by atoms with Gasteiger partial charge in [0, 0.05) is 19.6 Å². The highest BCUT2D eigenvalue weighted by atomic mass is 19.4. The number of rotatable bonds is 8. The zero-order valence-corrected chi connectivity index (χ0v) is 11.6. The van der Waals surface area contributed by atoms with Gasteiger partial charge >= 0.3 is 6.18 Å². The molecule has 20 heavy (non-hydrogen) atoms. The molecular weight excluding hydrogens is 269 g/mol. The molecule has 1 aromatic rings. The number of hydrogen-bond donors (Lipinski definition) is 1. The van der Waals surface area contributed by atoms with E-state index >= 15 is 0 Å². The molecule has 1 rings (SSSR count). The molecule has 1 aromatic carbocycles. The van der Waals surface area contributed by atoms with Crippen molar-refractivity contribution in [2.45, 2.75) is 25.6 Å². The summed E-state index contributed by atoms with van der Waals surface area (Å²) in [6.45, 7) is 1.58. The van der Waals surface area contributed by atoms with Crippen molar-refractivity contribution in [3.05, 3.63) is 29.8 Å². The Balaban J connectivity index is 2.14. The first-order valence-corrected chi connectivity index (χ1v) is 6.58. The lowest BCUT2D eigenvalue weighted by Crippen LogP contribution is -2.26. The molecule has 0 aliphatic rings. The Hall–Kier alpha value is -1.27. The van der Waals surface area contributed by atoms with E-state index in [4.69, 9.17) is 10.5 Å². The highest BCUT2D eigenvalue weighted by molar-refractivity contribution is 5.26. The van der Waals surface area contributed by atoms with Gasteiger partial charge in [0.15, 0.2) is 0 Å². The molecule has 0 fully saturated rings. The number of nitrogens with zero attached hydrogens (tertiary/aromatic N) is 1. The lowest BCUT2D eigenvalue weighted by atomic mass is 10.2. The quantitative estimate of drug-likeness (QED) is 0.748. The number of ether oxygens (including phenoxy) is 1. The van der Waals surface area contributed by atoms with Crippen LogP contribution >= 0.6 is 0 Å². The average Bonchev–Trinajstić information content (AvgIpc) is 2.41. The second-order valence-corrected chi connectivity index (χ2v) is 4.72. The molecule has 6 heteroatoms. The van der Waals surface area contributed by atoms with Crippen molar-refractivity contribution < 1.29 is 17.9 Å². The Morgan fingerprint density at radius 1 is 1.15 bits per heavy atom. The van der Waals surface area contributed by atoms with Crippen molar-refractivity contribution in [2.75, 3.05) is 26.7 Å². The minimum atomic E-state index is -4.09. The number of benzene rings is 1. The SMILES string of the molecule is CN(CCCOc1ccc(CN)cc1)CCC(F)(F)F. The van der Waals surface area contributed by atoms with Gasteiger partial charge in [0.1, 0.15) is 5.75 Å². The van der Waals surface area contributed by atoms with Gasteiger partial charge in [-0.15, -0.1) is 0 Å². The van der Waals surface area contributed by atoms with Gasteiger partial charge < -0.3 is 15.4 Å². The summed E-state index contributed by atoms with van der Waals surface area (Å²) < 4.78 is 41.6. The lowest BCUT2D eigenvalue weighted by Gasteiger charge is -2.17. The molecule has 0 atom stereocenters. The third-order valence-corrected chi connectivity index (χ3v) is 2.89. The summed E-state index contributed by atoms with van der Waals surface area (Å²) in [6, 6.07) is 7.47. The molecule has 0 heterocycles. The van der Waals surface area contributed by atoms with Crippen LogP contribution in [-0.2, 0) is 6.54 Å². The van der Waals surface area contributed by atoms with Crippen molar-refractivity contribution in [3.8, 4) is 5.75 Å². The van der Waals surface area contributed by atoms with E-state index in [-0.39, 0.29) is 6.54 Å². The van der Waals surface area contributed by atoms with E-state index in [1.54, 1.807) is 11.9 Å². The van der Waals surface area contributed by atoms with E-state index in [1.807, 2.05) is 24.3 Å². The zero-order valence-electron chi connectivity index (χ0n) is 11.6. The largest absolute Gasteiger partial charge is 0.494 e. The highest BCUT2D eigenvalue weighted by Crippen LogP contribution is 2.19. The van der Waals surface area contributed by atoms with Gasteiger partial charge in [0.25, 0.3) is 0 Å². The van der Waals surface area contributed by atoms with Gasteiger partial charge in [-0.3, -0.25) is 0 Å². The Morgan fingerprint density at radius 3 is 2.35 bits per heavy atom. The first kappa shape index (κ1) is 16.8. The molecule has 114 valence electrons. The molecule has 3 nitrogen and oxygen atoms in total. The van der Waals surface area contributed by atoms with Crippen LogP contribution in [0, 0.1) is 0 Å². The summed E-state index contributed by atoms with van der Waals surface area (Å²) in [7, 11) is 1.68. The van der Waals surface area contributed by atoms with Gasteiger partial charge in [0.2, 0.25) is 0 Å². The Labute approximate surface area is 117 Å². The summed E-state index contributed by atoms with van der Waals surface area (Å²) in [4.78, 5) is 1.66. The number of hydrogen-bond acceptors (Lipinski definition) is 3. The maximum absolute atomic E-state index is 12.0. The number of alkyl halides is 3. The third kappa shape index (κ3) is 7.35. The van der Waals surface area contributed by atoms with Crippen molar-refractivity contribution in [3.63, 3.8) is 0 Å². The Morgan fingerprint density at radius 2 is 1.80 bits per heavy atom. The molecule has 0 saturated heterocycles. The number of halogens is 3. The standard InChI is InChI=1S/C14H21F3N2O/c1-19(9-7-14(15,16)17)8-2-10-20-13-5-3-12(11-18)4-6-13/h3-6H,2,7-11,18H2,1H3. The average molecular weight is 290 g/mol. The molecule has 0 aliphatic heterocycles. The fraction of sp³-hybridized carbons (Fsp3) is 0.571. The van der Waals surface area contributed by atoms with E-state index < -0.39 is 12.6 Å². The summed E-state index contributed by atoms with van der Waals surface area (Å²) in [5.74, 6) is 0.750. The molecular formula is C14H21F3N2O. The molecule has 0 aliphatic carbocycles. The number of nitrogens with two attached hydrogens (primary N) is 1. The van der Waals surface area contributed by atoms with Gasteiger partial charge in [0.05, 0.1) is 13.0 Å². The highest BCUT2D eigenvalue weighted by Gasteiger charge is 2.26. The second kappa shape index (κ2) is 8.11. The minimum Gasteiger partial charge on any atom is -0.494 e. The van der Waals surface area contributed by atoms with E-state index in [9.17, 15) is 13.2 Å². The third-order valence-electron chi connectivity index (χ3n) is 2.89. The molecule has 2 N–H and O–H groups in total. The summed E-state index contributed by atoms with van der Waals surface area (Å²) in [6.07, 6.45) is -4.17. The molecule has 0 aromatic heterocycles. The van der Waals surface area contributed by atoms with Crippen LogP contribution in [0.25, 0.3) is 0 Å². The normalized spacial score (nSPS) is 11.9. The van der Waals surface area contributed by atoms with E-state index in [0.29, 0.717) is 26.1 Å². The van der Waals surface area contributed by atoms with Crippen LogP contribution in [0.15, 0.2) is 24.3 Å². The van der Waals surface area contributed by atoms with Crippen LogP contribution in [0.2, 0.25) is 0 Å². The van der Waals surface area contributed by atoms with Crippen molar-refractivity contribution >= 4 is 0 Å². The van der Waals surface area contributed by atoms with Gasteiger partial charge in [-0.05, 0) is 31.2 Å². The Kier molecular flexibility index (Phi) is 6.81. The maximum atomic E-state index is 12.0. The van der Waals surface area contributed by atoms with Gasteiger partial charge in [-0.1, -0.05) is 12.1 Å². The fourth-order valence-electron chi connectivity index (χ4n) is 1.68. The fourth-order valence-corrected chi connectivity index (χ4v) is 1.68. The zero-order chi connectivity index (χ0) is 15.0. The Bertz CT molecular complexity index is 379. The predicted molar refractivity (Wildman–Crippen MR) is 72.6 cm³/mol. The first-order chi connectivity index (χ1) is 9.40. The summed E-state index contributed by atoms with van der Waals surface area (Å²) in [5, 5.41) is 0. The van der Waals surface area contributed by atoms with Crippen molar-refractivity contribution in [1.82, 2.24) is 4.90 Å². The molecule has 0 radical (unpaired) electrons. The maximum Gasteiger partial charge on any atom is 0.390 e. The smallest absolute Gasteiger partial charge is 0.390 e. The predicted octanol–water partition coefficient (Wildman–Crippen LogP) is 2.80. The molecule has 0 spiro atoms. The van der Waals surface area contributed by atoms with Gasteiger partial charge in [-0.25, -0.2) is 0 Å². The second-order valence-electron chi connectivity index (χ2n) is 4.72. The first-order valence-electron chi connectivity index (χ1n) is 6.58.